The van der Waals surface area contributed by atoms with Gasteiger partial charge >= 0.3 is 0 Å². The van der Waals surface area contributed by atoms with E-state index in [1.54, 1.807) is 6.92 Å². The van der Waals surface area contributed by atoms with Crippen molar-refractivity contribution in [3.8, 4) is 0 Å². The first-order valence-corrected chi connectivity index (χ1v) is 10.7. The molecule has 1 N–H and O–H groups in total. The summed E-state index contributed by atoms with van der Waals surface area (Å²) in [6, 6.07) is 2.46. The van der Waals surface area contributed by atoms with Crippen LogP contribution in [0, 0.1) is 11.6 Å². The molecule has 2 heterocycles. The molecule has 0 saturated carbocycles. The highest BCUT2D eigenvalue weighted by Crippen LogP contribution is 2.33. The fourth-order valence-electron chi connectivity index (χ4n) is 3.57. The number of nitrogens with zero attached hydrogens (tertiary/aromatic N) is 5. The van der Waals surface area contributed by atoms with Gasteiger partial charge in [-0.25, -0.2) is 26.9 Å². The van der Waals surface area contributed by atoms with Gasteiger partial charge in [0, 0.05) is 43.9 Å². The first-order valence-electron chi connectivity index (χ1n) is 8.81. The Morgan fingerprint density at radius 1 is 1.25 bits per heavy atom. The van der Waals surface area contributed by atoms with Gasteiger partial charge in [-0.05, 0) is 13.0 Å². The van der Waals surface area contributed by atoms with Crippen molar-refractivity contribution < 1.29 is 22.3 Å². The van der Waals surface area contributed by atoms with Crippen molar-refractivity contribution in [2.75, 3.05) is 32.4 Å². The molecule has 2 unspecified atom stereocenters. The van der Waals surface area contributed by atoms with Crippen molar-refractivity contribution in [3.05, 3.63) is 48.1 Å². The fourth-order valence-corrected chi connectivity index (χ4v) is 4.40. The van der Waals surface area contributed by atoms with E-state index in [1.165, 1.54) is 27.7 Å². The maximum atomic E-state index is 14.6. The zero-order chi connectivity index (χ0) is 20.5. The molecule has 2 atom stereocenters. The molecule has 1 saturated heterocycles. The van der Waals surface area contributed by atoms with Crippen LogP contribution in [0.2, 0.25) is 0 Å². The van der Waals surface area contributed by atoms with Crippen molar-refractivity contribution in [2.24, 2.45) is 0 Å². The normalized spacial score (nSPS) is 20.0. The summed E-state index contributed by atoms with van der Waals surface area (Å²) in [4.78, 5) is 5.74. The molecule has 0 amide bonds. The van der Waals surface area contributed by atoms with Crippen molar-refractivity contribution in [1.82, 2.24) is 24.0 Å². The molecule has 1 aliphatic heterocycles. The summed E-state index contributed by atoms with van der Waals surface area (Å²) in [5.41, 5.74) is -1.79. The predicted octanol–water partition coefficient (Wildman–Crippen LogP) is 0.410. The number of piperazine rings is 1. The molecular formula is C17H23F2N5O3S. The Labute approximate surface area is 162 Å². The largest absolute Gasteiger partial charge is 0.381 e. The van der Waals surface area contributed by atoms with Gasteiger partial charge in [-0.1, -0.05) is 6.07 Å². The molecule has 8 nitrogen and oxygen atoms in total. The third-order valence-corrected chi connectivity index (χ3v) is 6.55. The molecule has 11 heteroatoms. The summed E-state index contributed by atoms with van der Waals surface area (Å²) in [5.74, 6) is -1.59. The maximum absolute atomic E-state index is 14.6. The van der Waals surface area contributed by atoms with E-state index in [0.29, 0.717) is 13.1 Å². The van der Waals surface area contributed by atoms with Crippen molar-refractivity contribution in [2.45, 2.75) is 25.1 Å². The van der Waals surface area contributed by atoms with Crippen LogP contribution >= 0.6 is 0 Å². The lowest BCUT2D eigenvalue weighted by molar-refractivity contribution is -0.0698. The Kier molecular flexibility index (Phi) is 5.80. The molecule has 154 valence electrons. The van der Waals surface area contributed by atoms with Crippen LogP contribution < -0.4 is 0 Å². The lowest BCUT2D eigenvalue weighted by atomic mass is 9.85. The summed E-state index contributed by atoms with van der Waals surface area (Å²) in [6.45, 7) is 2.93. The summed E-state index contributed by atoms with van der Waals surface area (Å²) in [7, 11) is -3.30. The van der Waals surface area contributed by atoms with Gasteiger partial charge in [0.05, 0.1) is 12.8 Å². The first-order chi connectivity index (χ1) is 13.1. The number of hydrogen-bond donors (Lipinski definition) is 1. The first kappa shape index (κ1) is 20.8. The van der Waals surface area contributed by atoms with Gasteiger partial charge in [0.2, 0.25) is 10.0 Å². The molecule has 2 aromatic rings. The minimum atomic E-state index is -3.30. The lowest BCUT2D eigenvalue weighted by Gasteiger charge is -2.44. The van der Waals surface area contributed by atoms with Crippen LogP contribution in [0.25, 0.3) is 0 Å². The molecule has 1 aliphatic rings. The number of rotatable bonds is 6. The van der Waals surface area contributed by atoms with Crippen molar-refractivity contribution in [1.29, 1.82) is 0 Å². The van der Waals surface area contributed by atoms with Crippen LogP contribution in [0.4, 0.5) is 8.78 Å². The summed E-state index contributed by atoms with van der Waals surface area (Å²) >= 11 is 0. The van der Waals surface area contributed by atoms with Crippen LogP contribution in [0.15, 0.2) is 30.9 Å². The highest BCUT2D eigenvalue weighted by atomic mass is 32.2. The maximum Gasteiger partial charge on any atom is 0.211 e. The van der Waals surface area contributed by atoms with E-state index in [4.69, 9.17) is 0 Å². The summed E-state index contributed by atoms with van der Waals surface area (Å²) < 4.78 is 54.2. The van der Waals surface area contributed by atoms with Crippen molar-refractivity contribution >= 4 is 10.0 Å². The molecule has 3 rings (SSSR count). The average Bonchev–Trinajstić information content (AvgIpc) is 3.13. The van der Waals surface area contributed by atoms with Gasteiger partial charge in [-0.15, -0.1) is 0 Å². The number of sulfonamides is 1. The molecule has 1 aromatic heterocycles. The van der Waals surface area contributed by atoms with E-state index in [0.717, 1.165) is 18.4 Å². The van der Waals surface area contributed by atoms with Crippen LogP contribution in [-0.4, -0.2) is 76.0 Å². The van der Waals surface area contributed by atoms with E-state index in [-0.39, 0.29) is 25.2 Å². The Bertz CT molecular complexity index is 917. The lowest BCUT2D eigenvalue weighted by Crippen LogP contribution is -2.58. The van der Waals surface area contributed by atoms with E-state index >= 15 is 0 Å². The fraction of sp³-hybridized carbons (Fsp3) is 0.529. The number of benzene rings is 1. The third kappa shape index (κ3) is 4.22. The van der Waals surface area contributed by atoms with Gasteiger partial charge in [0.25, 0.3) is 0 Å². The summed E-state index contributed by atoms with van der Waals surface area (Å²) in [6.07, 6.45) is 3.86. The van der Waals surface area contributed by atoms with E-state index in [2.05, 4.69) is 10.1 Å². The van der Waals surface area contributed by atoms with Gasteiger partial charge in [0.1, 0.15) is 29.9 Å². The quantitative estimate of drug-likeness (QED) is 0.735. The Balaban J connectivity index is 1.90. The molecule has 0 bridgehead atoms. The molecule has 1 aromatic carbocycles. The van der Waals surface area contributed by atoms with E-state index in [9.17, 15) is 22.3 Å². The minimum Gasteiger partial charge on any atom is -0.381 e. The number of aliphatic hydroxyl groups is 1. The Morgan fingerprint density at radius 3 is 2.46 bits per heavy atom. The van der Waals surface area contributed by atoms with Crippen LogP contribution in [0.3, 0.4) is 0 Å². The highest BCUT2D eigenvalue weighted by molar-refractivity contribution is 7.88. The van der Waals surface area contributed by atoms with Gasteiger partial charge < -0.3 is 5.11 Å². The second-order valence-corrected chi connectivity index (χ2v) is 9.00. The molecule has 0 radical (unpaired) electrons. The van der Waals surface area contributed by atoms with E-state index < -0.39 is 33.3 Å². The second-order valence-electron chi connectivity index (χ2n) is 7.02. The number of hydrogen-bond acceptors (Lipinski definition) is 6. The highest BCUT2D eigenvalue weighted by Gasteiger charge is 2.43. The standard InChI is InChI=1S/C17H23F2N5O3S/c1-13(22-5-7-24(8-6-22)28(2,26)27)17(25,10-23-12-20-11-21-23)15-4-3-14(18)9-16(15)19/h3-4,9,11-13,25H,5-8,10H2,1-2H3. The Morgan fingerprint density at radius 2 is 1.93 bits per heavy atom. The third-order valence-electron chi connectivity index (χ3n) is 5.25. The summed E-state index contributed by atoms with van der Waals surface area (Å²) in [5, 5.41) is 15.5. The SMILES string of the molecule is CC(N1CCN(S(C)(=O)=O)CC1)C(O)(Cn1cncn1)c1ccc(F)cc1F. The minimum absolute atomic E-state index is 0.0533. The van der Waals surface area contributed by atoms with Gasteiger partial charge in [-0.2, -0.15) is 9.40 Å². The molecule has 0 spiro atoms. The molecule has 28 heavy (non-hydrogen) atoms. The second kappa shape index (κ2) is 7.82. The molecular weight excluding hydrogens is 392 g/mol. The van der Waals surface area contributed by atoms with Gasteiger partial charge in [-0.3, -0.25) is 4.90 Å². The predicted molar refractivity (Wildman–Crippen MR) is 97.7 cm³/mol. The number of halogens is 2. The van der Waals surface area contributed by atoms with Crippen molar-refractivity contribution in [3.63, 3.8) is 0 Å². The Hall–Kier alpha value is -1.95. The topological polar surface area (TPSA) is 91.6 Å². The monoisotopic (exact) mass is 415 g/mol. The zero-order valence-corrected chi connectivity index (χ0v) is 16.5. The van der Waals surface area contributed by atoms with Crippen LogP contribution in [0.1, 0.15) is 12.5 Å². The van der Waals surface area contributed by atoms with E-state index in [1.807, 2.05) is 4.90 Å². The number of aromatic nitrogens is 3. The van der Waals surface area contributed by atoms with Crippen LogP contribution in [0.5, 0.6) is 0 Å². The van der Waals surface area contributed by atoms with Crippen LogP contribution in [-0.2, 0) is 22.2 Å². The molecule has 0 aliphatic carbocycles. The molecule has 1 fully saturated rings. The zero-order valence-electron chi connectivity index (χ0n) is 15.7. The smallest absolute Gasteiger partial charge is 0.211 e. The van der Waals surface area contributed by atoms with Gasteiger partial charge in [0.15, 0.2) is 0 Å². The average molecular weight is 415 g/mol.